The van der Waals surface area contributed by atoms with Crippen molar-refractivity contribution in [3.8, 4) is 0 Å². The molecular formula is C5H6F4O3. The van der Waals surface area contributed by atoms with Crippen LogP contribution in [0.2, 0.25) is 0 Å². The van der Waals surface area contributed by atoms with Crippen LogP contribution in [0.5, 0.6) is 0 Å². The van der Waals surface area contributed by atoms with Gasteiger partial charge in [-0.1, -0.05) is 0 Å². The van der Waals surface area contributed by atoms with Crippen molar-refractivity contribution in [1.29, 1.82) is 0 Å². The van der Waals surface area contributed by atoms with Crippen LogP contribution in [0.3, 0.4) is 0 Å². The molecule has 0 aliphatic carbocycles. The van der Waals surface area contributed by atoms with Gasteiger partial charge in [0.2, 0.25) is 0 Å². The van der Waals surface area contributed by atoms with Gasteiger partial charge in [-0.15, -0.1) is 13.2 Å². The zero-order valence-corrected chi connectivity index (χ0v) is 6.02. The summed E-state index contributed by atoms with van der Waals surface area (Å²) in [6.07, 6.45) is -7.26. The lowest BCUT2D eigenvalue weighted by atomic mass is 10.4. The quantitative estimate of drug-likeness (QED) is 0.492. The summed E-state index contributed by atoms with van der Waals surface area (Å²) >= 11 is 0. The van der Waals surface area contributed by atoms with Crippen LogP contribution in [-0.2, 0) is 14.3 Å². The molecule has 0 aliphatic heterocycles. The minimum Gasteiger partial charge on any atom is -0.467 e. The predicted molar refractivity (Wildman–Crippen MR) is 28.9 cm³/mol. The highest BCUT2D eigenvalue weighted by molar-refractivity contribution is 5.74. The van der Waals surface area contributed by atoms with Gasteiger partial charge in [-0.2, -0.15) is 0 Å². The molecule has 0 bridgehead atoms. The molecule has 0 heterocycles. The molecule has 1 atom stereocenters. The van der Waals surface area contributed by atoms with E-state index in [0.29, 0.717) is 0 Å². The maximum atomic E-state index is 11.7. The Labute approximate surface area is 65.2 Å². The third-order valence-corrected chi connectivity index (χ3v) is 0.880. The lowest BCUT2D eigenvalue weighted by molar-refractivity contribution is -0.340. The number of hydrogen-bond acceptors (Lipinski definition) is 3. The fraction of sp³-hybridized carbons (Fsp3) is 0.800. The highest BCUT2D eigenvalue weighted by Crippen LogP contribution is 2.19. The van der Waals surface area contributed by atoms with Crippen molar-refractivity contribution < 1.29 is 31.8 Å². The molecular weight excluding hydrogens is 184 g/mol. The first kappa shape index (κ1) is 11.2. The van der Waals surface area contributed by atoms with E-state index >= 15 is 0 Å². The smallest absolute Gasteiger partial charge is 0.467 e. The van der Waals surface area contributed by atoms with Gasteiger partial charge in [0, 0.05) is 0 Å². The number of halogens is 4. The van der Waals surface area contributed by atoms with Crippen LogP contribution < -0.4 is 0 Å². The molecule has 3 nitrogen and oxygen atoms in total. The van der Waals surface area contributed by atoms with Gasteiger partial charge < -0.3 is 4.74 Å². The molecule has 72 valence electrons. The van der Waals surface area contributed by atoms with Crippen LogP contribution in [0.4, 0.5) is 17.6 Å². The Kier molecular flexibility index (Phi) is 3.94. The zero-order valence-electron chi connectivity index (χ0n) is 6.02. The van der Waals surface area contributed by atoms with Crippen LogP contribution in [0.25, 0.3) is 0 Å². The van der Waals surface area contributed by atoms with E-state index in [-0.39, 0.29) is 0 Å². The minimum atomic E-state index is -5.04. The predicted octanol–water partition coefficient (Wildman–Crippen LogP) is 1.03. The molecule has 0 saturated carbocycles. The van der Waals surface area contributed by atoms with Crippen molar-refractivity contribution in [2.24, 2.45) is 0 Å². The van der Waals surface area contributed by atoms with E-state index in [1.165, 1.54) is 0 Å². The molecule has 0 rings (SSSR count). The van der Waals surface area contributed by atoms with Crippen molar-refractivity contribution in [2.45, 2.75) is 12.5 Å². The van der Waals surface area contributed by atoms with Gasteiger partial charge in [0.05, 0.1) is 7.11 Å². The van der Waals surface area contributed by atoms with Gasteiger partial charge in [-0.3, -0.25) is 4.74 Å². The number of rotatable bonds is 3. The molecule has 12 heavy (non-hydrogen) atoms. The lowest BCUT2D eigenvalue weighted by Crippen LogP contribution is -2.33. The first-order valence-corrected chi connectivity index (χ1v) is 2.79. The molecule has 0 radical (unpaired) electrons. The van der Waals surface area contributed by atoms with Crippen molar-refractivity contribution in [2.75, 3.05) is 13.8 Å². The van der Waals surface area contributed by atoms with Crippen LogP contribution in [-0.4, -0.2) is 32.2 Å². The average Bonchev–Trinajstić information content (AvgIpc) is 1.97. The van der Waals surface area contributed by atoms with E-state index in [1.807, 2.05) is 0 Å². The standard InChI is InChI=1S/C5H6F4O3/c1-11-4(10)3(2-6)12-5(7,8)9/h3H,2H2,1H3. The first-order valence-electron chi connectivity index (χ1n) is 2.79. The summed E-state index contributed by atoms with van der Waals surface area (Å²) in [6.45, 7) is -1.58. The lowest BCUT2D eigenvalue weighted by Gasteiger charge is -2.13. The van der Waals surface area contributed by atoms with Crippen LogP contribution >= 0.6 is 0 Å². The number of carbonyl (C=O) groups excluding carboxylic acids is 1. The Balaban J connectivity index is 4.09. The van der Waals surface area contributed by atoms with E-state index in [0.717, 1.165) is 7.11 Å². The molecule has 0 saturated heterocycles. The van der Waals surface area contributed by atoms with Gasteiger partial charge in [-0.05, 0) is 0 Å². The van der Waals surface area contributed by atoms with E-state index in [4.69, 9.17) is 0 Å². The Bertz CT molecular complexity index is 155. The van der Waals surface area contributed by atoms with Crippen molar-refractivity contribution in [3.05, 3.63) is 0 Å². The molecule has 0 N–H and O–H groups in total. The fourth-order valence-electron chi connectivity index (χ4n) is 0.435. The van der Waals surface area contributed by atoms with Crippen LogP contribution in [0, 0.1) is 0 Å². The van der Waals surface area contributed by atoms with Gasteiger partial charge in [0.15, 0.2) is 6.10 Å². The van der Waals surface area contributed by atoms with Crippen molar-refractivity contribution in [1.82, 2.24) is 0 Å². The summed E-state index contributed by atoms with van der Waals surface area (Å²) < 4.78 is 52.8. The average molecular weight is 190 g/mol. The molecule has 0 aromatic heterocycles. The fourth-order valence-corrected chi connectivity index (χ4v) is 0.435. The third kappa shape index (κ3) is 4.12. The second-order valence-corrected chi connectivity index (χ2v) is 1.73. The number of esters is 1. The molecule has 0 amide bonds. The monoisotopic (exact) mass is 190 g/mol. The summed E-state index contributed by atoms with van der Waals surface area (Å²) in [4.78, 5) is 10.3. The number of ether oxygens (including phenoxy) is 2. The van der Waals surface area contributed by atoms with Gasteiger partial charge in [0.1, 0.15) is 6.67 Å². The number of carbonyl (C=O) groups is 1. The third-order valence-electron chi connectivity index (χ3n) is 0.880. The summed E-state index contributed by atoms with van der Waals surface area (Å²) in [5.41, 5.74) is 0. The maximum Gasteiger partial charge on any atom is 0.523 e. The Hall–Kier alpha value is -0.850. The number of methoxy groups -OCH3 is 1. The summed E-state index contributed by atoms with van der Waals surface area (Å²) in [7, 11) is 0.838. The summed E-state index contributed by atoms with van der Waals surface area (Å²) in [5.74, 6) is -1.39. The largest absolute Gasteiger partial charge is 0.523 e. The molecule has 0 spiro atoms. The van der Waals surface area contributed by atoms with Crippen LogP contribution in [0.1, 0.15) is 0 Å². The normalized spacial score (nSPS) is 14.1. The second kappa shape index (κ2) is 4.24. The van der Waals surface area contributed by atoms with Crippen LogP contribution in [0.15, 0.2) is 0 Å². The summed E-state index contributed by atoms with van der Waals surface area (Å²) in [5, 5.41) is 0. The number of alkyl halides is 4. The van der Waals surface area contributed by atoms with E-state index < -0.39 is 25.1 Å². The Morgan fingerprint density at radius 3 is 2.25 bits per heavy atom. The second-order valence-electron chi connectivity index (χ2n) is 1.73. The van der Waals surface area contributed by atoms with E-state index in [1.54, 1.807) is 0 Å². The highest BCUT2D eigenvalue weighted by Gasteiger charge is 2.37. The number of hydrogen-bond donors (Lipinski definition) is 0. The van der Waals surface area contributed by atoms with Crippen molar-refractivity contribution in [3.63, 3.8) is 0 Å². The maximum absolute atomic E-state index is 11.7. The molecule has 0 fully saturated rings. The summed E-state index contributed by atoms with van der Waals surface area (Å²) in [6, 6.07) is 0. The zero-order chi connectivity index (χ0) is 9.78. The van der Waals surface area contributed by atoms with E-state index in [9.17, 15) is 22.4 Å². The minimum absolute atomic E-state index is 0.838. The SMILES string of the molecule is COC(=O)C(CF)OC(F)(F)F. The van der Waals surface area contributed by atoms with Gasteiger partial charge in [-0.25, -0.2) is 9.18 Å². The van der Waals surface area contributed by atoms with Crippen molar-refractivity contribution >= 4 is 5.97 Å². The van der Waals surface area contributed by atoms with E-state index in [2.05, 4.69) is 9.47 Å². The highest BCUT2D eigenvalue weighted by atomic mass is 19.4. The molecule has 7 heteroatoms. The molecule has 1 unspecified atom stereocenters. The molecule has 0 aliphatic rings. The Morgan fingerprint density at radius 1 is 1.50 bits per heavy atom. The van der Waals surface area contributed by atoms with Gasteiger partial charge in [0.25, 0.3) is 0 Å². The molecule has 0 aromatic carbocycles. The molecule has 0 aromatic rings. The Morgan fingerprint density at radius 2 is 2.00 bits per heavy atom. The topological polar surface area (TPSA) is 35.5 Å². The first-order chi connectivity index (χ1) is 5.40. The van der Waals surface area contributed by atoms with Gasteiger partial charge >= 0.3 is 12.3 Å².